The maximum Gasteiger partial charge on any atom is 0.191 e. The molecule has 1 aromatic rings. The number of aliphatic imine (C=N–C) groups is 1. The van der Waals surface area contributed by atoms with Crippen molar-refractivity contribution in [2.45, 2.75) is 38.4 Å². The van der Waals surface area contributed by atoms with Gasteiger partial charge < -0.3 is 10.6 Å². The van der Waals surface area contributed by atoms with Crippen molar-refractivity contribution in [2.75, 3.05) is 25.4 Å². The monoisotopic (exact) mass is 306 g/mol. The fourth-order valence-corrected chi connectivity index (χ4v) is 3.47. The summed E-state index contributed by atoms with van der Waals surface area (Å²) in [5.74, 6) is 2.23. The molecule has 5 heteroatoms. The fraction of sp³-hybridized carbons (Fsp3) is 0.625. The molecule has 0 spiro atoms. The van der Waals surface area contributed by atoms with Crippen LogP contribution in [0.15, 0.2) is 23.3 Å². The Morgan fingerprint density at radius 1 is 1.43 bits per heavy atom. The highest BCUT2D eigenvalue weighted by atomic mass is 32.2. The van der Waals surface area contributed by atoms with Gasteiger partial charge in [0.05, 0.1) is 6.54 Å². The summed E-state index contributed by atoms with van der Waals surface area (Å²) in [6.45, 7) is 6.82. The third-order valence-corrected chi connectivity index (χ3v) is 4.88. The summed E-state index contributed by atoms with van der Waals surface area (Å²) in [5.41, 5.74) is 2.32. The Morgan fingerprint density at radius 3 is 3.00 bits per heavy atom. The number of hydrogen-bond donors (Lipinski definition) is 2. The van der Waals surface area contributed by atoms with Crippen LogP contribution in [0.25, 0.3) is 0 Å². The minimum atomic E-state index is 0.710. The molecule has 116 valence electrons. The molecule has 2 N–H and O–H groups in total. The van der Waals surface area contributed by atoms with Crippen LogP contribution < -0.4 is 10.6 Å². The van der Waals surface area contributed by atoms with E-state index in [0.29, 0.717) is 5.25 Å². The number of nitrogens with zero attached hydrogens (tertiary/aromatic N) is 2. The van der Waals surface area contributed by atoms with E-state index in [-0.39, 0.29) is 0 Å². The second-order valence-electron chi connectivity index (χ2n) is 5.34. The molecule has 0 aliphatic carbocycles. The molecule has 0 amide bonds. The van der Waals surface area contributed by atoms with Crippen LogP contribution in [-0.2, 0) is 6.42 Å². The van der Waals surface area contributed by atoms with Crippen molar-refractivity contribution in [2.24, 2.45) is 4.99 Å². The van der Waals surface area contributed by atoms with Gasteiger partial charge in [0.15, 0.2) is 5.96 Å². The zero-order chi connectivity index (χ0) is 14.9. The number of nitrogens with one attached hydrogen (secondary N) is 2. The van der Waals surface area contributed by atoms with Gasteiger partial charge in [0.25, 0.3) is 0 Å². The summed E-state index contributed by atoms with van der Waals surface area (Å²) in [4.78, 5) is 9.02. The van der Waals surface area contributed by atoms with Gasteiger partial charge in [-0.3, -0.25) is 9.98 Å². The lowest BCUT2D eigenvalue weighted by Crippen LogP contribution is -2.38. The van der Waals surface area contributed by atoms with Crippen LogP contribution >= 0.6 is 11.8 Å². The first-order chi connectivity index (χ1) is 10.3. The Balaban J connectivity index is 1.76. The molecule has 0 bridgehead atoms. The molecule has 1 fully saturated rings. The summed E-state index contributed by atoms with van der Waals surface area (Å²) in [6, 6.07) is 4.20. The van der Waals surface area contributed by atoms with E-state index in [0.717, 1.165) is 37.7 Å². The van der Waals surface area contributed by atoms with Gasteiger partial charge in [0, 0.05) is 30.2 Å². The Kier molecular flexibility index (Phi) is 6.86. The molecule has 1 saturated heterocycles. The Bertz CT molecular complexity index is 438. The molecule has 1 aliphatic heterocycles. The van der Waals surface area contributed by atoms with E-state index in [1.165, 1.54) is 24.2 Å². The maximum atomic E-state index is 4.70. The third-order valence-electron chi connectivity index (χ3n) is 3.50. The van der Waals surface area contributed by atoms with E-state index in [2.05, 4.69) is 46.4 Å². The van der Waals surface area contributed by atoms with Gasteiger partial charge >= 0.3 is 0 Å². The highest BCUT2D eigenvalue weighted by Crippen LogP contribution is 2.25. The summed E-state index contributed by atoms with van der Waals surface area (Å²) in [6.07, 6.45) is 5.57. The fourth-order valence-electron chi connectivity index (χ4n) is 2.29. The molecular formula is C16H26N4S. The summed E-state index contributed by atoms with van der Waals surface area (Å²) in [5, 5.41) is 7.44. The molecule has 0 aromatic carbocycles. The average molecular weight is 306 g/mol. The molecule has 0 saturated carbocycles. The highest BCUT2D eigenvalue weighted by molar-refractivity contribution is 8.00. The van der Waals surface area contributed by atoms with Crippen molar-refractivity contribution < 1.29 is 0 Å². The largest absolute Gasteiger partial charge is 0.357 e. The second kappa shape index (κ2) is 8.93. The van der Waals surface area contributed by atoms with Gasteiger partial charge in [-0.05, 0) is 50.5 Å². The van der Waals surface area contributed by atoms with Gasteiger partial charge in [0.1, 0.15) is 0 Å². The third kappa shape index (κ3) is 5.96. The van der Waals surface area contributed by atoms with Crippen LogP contribution in [0.3, 0.4) is 0 Å². The molecule has 1 aromatic heterocycles. The minimum absolute atomic E-state index is 0.710. The van der Waals surface area contributed by atoms with Crippen LogP contribution in [0.1, 0.15) is 31.0 Å². The van der Waals surface area contributed by atoms with Crippen LogP contribution in [0.4, 0.5) is 0 Å². The van der Waals surface area contributed by atoms with Gasteiger partial charge in [-0.15, -0.1) is 0 Å². The van der Waals surface area contributed by atoms with Crippen molar-refractivity contribution in [1.82, 2.24) is 15.6 Å². The van der Waals surface area contributed by atoms with E-state index in [1.54, 1.807) is 0 Å². The zero-order valence-electron chi connectivity index (χ0n) is 13.1. The van der Waals surface area contributed by atoms with Gasteiger partial charge in [-0.2, -0.15) is 11.8 Å². The van der Waals surface area contributed by atoms with Crippen molar-refractivity contribution in [3.63, 3.8) is 0 Å². The first-order valence-corrected chi connectivity index (χ1v) is 8.88. The average Bonchev–Trinajstić information content (AvgIpc) is 3.00. The van der Waals surface area contributed by atoms with E-state index in [1.807, 2.05) is 13.1 Å². The quantitative estimate of drug-likeness (QED) is 0.626. The first kappa shape index (κ1) is 16.1. The number of rotatable bonds is 6. The molecule has 1 aliphatic rings. The molecule has 1 atom stereocenters. The summed E-state index contributed by atoms with van der Waals surface area (Å²) >= 11 is 2.05. The molecule has 0 radical (unpaired) electrons. The molecule has 21 heavy (non-hydrogen) atoms. The SMILES string of the molecule is CCNC(=NCC1CCCS1)NCCc1ccc(C)nc1. The van der Waals surface area contributed by atoms with Gasteiger partial charge in [-0.25, -0.2) is 0 Å². The van der Waals surface area contributed by atoms with Gasteiger partial charge in [0.2, 0.25) is 0 Å². The van der Waals surface area contributed by atoms with Gasteiger partial charge in [-0.1, -0.05) is 6.07 Å². The van der Waals surface area contributed by atoms with Crippen molar-refractivity contribution in [1.29, 1.82) is 0 Å². The number of aryl methyl sites for hydroxylation is 1. The lowest BCUT2D eigenvalue weighted by atomic mass is 10.2. The van der Waals surface area contributed by atoms with Crippen LogP contribution in [0.5, 0.6) is 0 Å². The standard InChI is InChI=1S/C16H26N4S/c1-3-17-16(20-12-15-5-4-10-21-15)18-9-8-14-7-6-13(2)19-11-14/h6-7,11,15H,3-5,8-10,12H2,1-2H3,(H2,17,18,20). The molecule has 2 rings (SSSR count). The predicted octanol–water partition coefficient (Wildman–Crippen LogP) is 2.38. The highest BCUT2D eigenvalue weighted by Gasteiger charge is 2.14. The Labute approximate surface area is 132 Å². The van der Waals surface area contributed by atoms with Crippen LogP contribution in [0, 0.1) is 6.92 Å². The Morgan fingerprint density at radius 2 is 2.33 bits per heavy atom. The van der Waals surface area contributed by atoms with Crippen molar-refractivity contribution in [3.05, 3.63) is 29.6 Å². The summed E-state index contributed by atoms with van der Waals surface area (Å²) in [7, 11) is 0. The predicted molar refractivity (Wildman–Crippen MR) is 92.1 cm³/mol. The van der Waals surface area contributed by atoms with Crippen molar-refractivity contribution in [3.8, 4) is 0 Å². The zero-order valence-corrected chi connectivity index (χ0v) is 13.9. The normalized spacial score (nSPS) is 18.8. The number of thioether (sulfide) groups is 1. The number of guanidine groups is 1. The van der Waals surface area contributed by atoms with Crippen molar-refractivity contribution >= 4 is 17.7 Å². The smallest absolute Gasteiger partial charge is 0.191 e. The van der Waals surface area contributed by atoms with Crippen LogP contribution in [0.2, 0.25) is 0 Å². The molecule has 4 nitrogen and oxygen atoms in total. The number of hydrogen-bond acceptors (Lipinski definition) is 3. The van der Waals surface area contributed by atoms with E-state index < -0.39 is 0 Å². The molecule has 2 heterocycles. The maximum absolute atomic E-state index is 4.70. The lowest BCUT2D eigenvalue weighted by Gasteiger charge is -2.12. The lowest BCUT2D eigenvalue weighted by molar-refractivity contribution is 0.760. The van der Waals surface area contributed by atoms with Crippen LogP contribution in [-0.4, -0.2) is 41.6 Å². The van der Waals surface area contributed by atoms with E-state index in [9.17, 15) is 0 Å². The number of pyridine rings is 1. The topological polar surface area (TPSA) is 49.3 Å². The molecular weight excluding hydrogens is 280 g/mol. The van der Waals surface area contributed by atoms with E-state index in [4.69, 9.17) is 4.99 Å². The second-order valence-corrected chi connectivity index (χ2v) is 6.75. The Hall–Kier alpha value is -1.23. The summed E-state index contributed by atoms with van der Waals surface area (Å²) < 4.78 is 0. The first-order valence-electron chi connectivity index (χ1n) is 7.83. The van der Waals surface area contributed by atoms with E-state index >= 15 is 0 Å². The minimum Gasteiger partial charge on any atom is -0.357 e. The number of aromatic nitrogens is 1. The molecule has 1 unspecified atom stereocenters.